The van der Waals surface area contributed by atoms with Gasteiger partial charge in [-0.1, -0.05) is 6.92 Å². The van der Waals surface area contributed by atoms with Gasteiger partial charge in [0, 0.05) is 25.7 Å². The summed E-state index contributed by atoms with van der Waals surface area (Å²) in [6.07, 6.45) is 0.785. The Labute approximate surface area is 109 Å². The van der Waals surface area contributed by atoms with Gasteiger partial charge in [-0.2, -0.15) is 0 Å². The van der Waals surface area contributed by atoms with Crippen LogP contribution in [0.3, 0.4) is 0 Å². The number of furan rings is 1. The Morgan fingerprint density at radius 2 is 1.89 bits per heavy atom. The molecule has 0 radical (unpaired) electrons. The lowest BCUT2D eigenvalue weighted by Crippen LogP contribution is -2.29. The lowest BCUT2D eigenvalue weighted by atomic mass is 10.2. The molecule has 104 valence electrons. The van der Waals surface area contributed by atoms with Crippen LogP contribution < -0.4 is 5.32 Å². The van der Waals surface area contributed by atoms with E-state index in [-0.39, 0.29) is 0 Å². The zero-order valence-electron chi connectivity index (χ0n) is 11.7. The van der Waals surface area contributed by atoms with Gasteiger partial charge >= 0.3 is 0 Å². The Morgan fingerprint density at radius 1 is 1.28 bits per heavy atom. The second kappa shape index (κ2) is 5.86. The molecule has 0 amide bonds. The highest BCUT2D eigenvalue weighted by atomic mass is 32.2. The van der Waals surface area contributed by atoms with E-state index in [1.807, 2.05) is 6.92 Å². The van der Waals surface area contributed by atoms with Crippen LogP contribution in [0.5, 0.6) is 0 Å². The maximum absolute atomic E-state index is 12.5. The van der Waals surface area contributed by atoms with Gasteiger partial charge in [0.05, 0.1) is 0 Å². The van der Waals surface area contributed by atoms with E-state index in [4.69, 9.17) is 4.42 Å². The summed E-state index contributed by atoms with van der Waals surface area (Å²) in [7, 11) is -0.0776. The molecule has 1 rings (SSSR count). The zero-order chi connectivity index (χ0) is 13.9. The van der Waals surface area contributed by atoms with Crippen LogP contribution in [0.15, 0.2) is 9.31 Å². The molecule has 18 heavy (non-hydrogen) atoms. The van der Waals surface area contributed by atoms with Crippen LogP contribution in [0, 0.1) is 13.8 Å². The molecule has 1 N–H and O–H groups in total. The van der Waals surface area contributed by atoms with Crippen molar-refractivity contribution in [3.05, 3.63) is 17.1 Å². The maximum atomic E-state index is 12.5. The van der Waals surface area contributed by atoms with E-state index in [2.05, 4.69) is 5.32 Å². The van der Waals surface area contributed by atoms with Crippen LogP contribution in [0.4, 0.5) is 0 Å². The fourth-order valence-electron chi connectivity index (χ4n) is 2.02. The first-order chi connectivity index (χ1) is 8.36. The van der Waals surface area contributed by atoms with Gasteiger partial charge in [-0.25, -0.2) is 12.7 Å². The Kier molecular flexibility index (Phi) is 4.95. The molecule has 0 atom stereocenters. The van der Waals surface area contributed by atoms with E-state index in [9.17, 15) is 8.42 Å². The molecular formula is C12H22N2O3S. The molecule has 0 aliphatic rings. The minimum absolute atomic E-state index is 0.310. The summed E-state index contributed by atoms with van der Waals surface area (Å²) in [5.41, 5.74) is 0.720. The molecule has 0 aromatic carbocycles. The predicted molar refractivity (Wildman–Crippen MR) is 71.1 cm³/mol. The quantitative estimate of drug-likeness (QED) is 0.856. The van der Waals surface area contributed by atoms with Crippen molar-refractivity contribution in [2.75, 3.05) is 20.6 Å². The number of nitrogens with zero attached hydrogens (tertiary/aromatic N) is 1. The topological polar surface area (TPSA) is 62.6 Å². The fourth-order valence-corrected chi connectivity index (χ4v) is 3.69. The van der Waals surface area contributed by atoms with Gasteiger partial charge in [0.15, 0.2) is 0 Å². The molecule has 0 aliphatic heterocycles. The van der Waals surface area contributed by atoms with Crippen LogP contribution in [0.2, 0.25) is 0 Å². The standard InChI is InChI=1S/C12H22N2O3S/c1-6-7-14(5)18(15,16)12-10(3)17-9(2)11(12)8-13-4/h13H,6-8H2,1-5H3. The summed E-state index contributed by atoms with van der Waals surface area (Å²) < 4.78 is 31.8. The molecule has 1 aromatic heterocycles. The Morgan fingerprint density at radius 3 is 2.39 bits per heavy atom. The van der Waals surface area contributed by atoms with E-state index >= 15 is 0 Å². The molecule has 0 aliphatic carbocycles. The lowest BCUT2D eigenvalue weighted by molar-refractivity contribution is 0.461. The van der Waals surface area contributed by atoms with E-state index in [0.29, 0.717) is 29.5 Å². The number of hydrogen-bond donors (Lipinski definition) is 1. The van der Waals surface area contributed by atoms with Crippen molar-refractivity contribution in [1.82, 2.24) is 9.62 Å². The first-order valence-electron chi connectivity index (χ1n) is 6.06. The van der Waals surface area contributed by atoms with E-state index in [1.165, 1.54) is 4.31 Å². The number of aryl methyl sites for hydroxylation is 2. The molecule has 0 bridgehead atoms. The van der Waals surface area contributed by atoms with Gasteiger partial charge in [-0.3, -0.25) is 0 Å². The van der Waals surface area contributed by atoms with Gasteiger partial charge in [0.25, 0.3) is 0 Å². The summed E-state index contributed by atoms with van der Waals surface area (Å²) in [6, 6.07) is 0. The van der Waals surface area contributed by atoms with Crippen molar-refractivity contribution in [1.29, 1.82) is 0 Å². The van der Waals surface area contributed by atoms with Gasteiger partial charge < -0.3 is 9.73 Å². The Bertz CT molecular complexity index is 506. The number of sulfonamides is 1. The van der Waals surface area contributed by atoms with Gasteiger partial charge in [0.1, 0.15) is 16.4 Å². The van der Waals surface area contributed by atoms with Crippen molar-refractivity contribution < 1.29 is 12.8 Å². The normalized spacial score (nSPS) is 12.3. The highest BCUT2D eigenvalue weighted by Crippen LogP contribution is 2.28. The average Bonchev–Trinajstić information content (AvgIpc) is 2.55. The van der Waals surface area contributed by atoms with Gasteiger partial charge in [-0.15, -0.1) is 0 Å². The van der Waals surface area contributed by atoms with E-state index in [0.717, 1.165) is 12.0 Å². The summed E-state index contributed by atoms with van der Waals surface area (Å²) in [4.78, 5) is 0.310. The highest BCUT2D eigenvalue weighted by molar-refractivity contribution is 7.89. The molecule has 0 saturated heterocycles. The number of hydrogen-bond acceptors (Lipinski definition) is 4. The summed E-state index contributed by atoms with van der Waals surface area (Å²) in [6.45, 7) is 6.42. The second-order valence-electron chi connectivity index (χ2n) is 4.38. The van der Waals surface area contributed by atoms with Crippen LogP contribution in [0.25, 0.3) is 0 Å². The molecule has 0 saturated carbocycles. The lowest BCUT2D eigenvalue weighted by Gasteiger charge is -2.16. The largest absolute Gasteiger partial charge is 0.465 e. The molecule has 0 spiro atoms. The van der Waals surface area contributed by atoms with Crippen molar-refractivity contribution in [3.63, 3.8) is 0 Å². The molecule has 0 unspecified atom stereocenters. The average molecular weight is 274 g/mol. The molecule has 0 fully saturated rings. The molecule has 1 aromatic rings. The molecular weight excluding hydrogens is 252 g/mol. The third-order valence-corrected chi connectivity index (χ3v) is 4.94. The first kappa shape index (κ1) is 15.2. The van der Waals surface area contributed by atoms with Crippen LogP contribution in [-0.2, 0) is 16.6 Å². The van der Waals surface area contributed by atoms with Crippen LogP contribution >= 0.6 is 0 Å². The first-order valence-corrected chi connectivity index (χ1v) is 7.50. The number of nitrogens with one attached hydrogen (secondary N) is 1. The van der Waals surface area contributed by atoms with Gasteiger partial charge in [0.2, 0.25) is 10.0 Å². The Balaban J connectivity index is 3.31. The minimum Gasteiger partial charge on any atom is -0.465 e. The summed E-state index contributed by atoms with van der Waals surface area (Å²) >= 11 is 0. The highest BCUT2D eigenvalue weighted by Gasteiger charge is 2.29. The summed E-state index contributed by atoms with van der Waals surface area (Å²) in [5.74, 6) is 1.12. The molecule has 5 nitrogen and oxygen atoms in total. The van der Waals surface area contributed by atoms with Crippen LogP contribution in [-0.4, -0.2) is 33.4 Å². The SMILES string of the molecule is CCCN(C)S(=O)(=O)c1c(C)oc(C)c1CNC. The minimum atomic E-state index is -3.46. The maximum Gasteiger partial charge on any atom is 0.246 e. The van der Waals surface area contributed by atoms with Crippen molar-refractivity contribution in [3.8, 4) is 0 Å². The fraction of sp³-hybridized carbons (Fsp3) is 0.667. The number of rotatable bonds is 6. The summed E-state index contributed by atoms with van der Waals surface area (Å²) in [5, 5.41) is 2.98. The third kappa shape index (κ3) is 2.76. The third-order valence-electron chi connectivity index (χ3n) is 2.89. The second-order valence-corrected chi connectivity index (χ2v) is 6.36. The van der Waals surface area contributed by atoms with Crippen molar-refractivity contribution in [2.45, 2.75) is 38.6 Å². The molecule has 6 heteroatoms. The van der Waals surface area contributed by atoms with Crippen molar-refractivity contribution in [2.24, 2.45) is 0 Å². The Hall–Kier alpha value is -0.850. The van der Waals surface area contributed by atoms with Crippen LogP contribution in [0.1, 0.15) is 30.4 Å². The van der Waals surface area contributed by atoms with Gasteiger partial charge in [-0.05, 0) is 27.3 Å². The van der Waals surface area contributed by atoms with E-state index in [1.54, 1.807) is 27.9 Å². The monoisotopic (exact) mass is 274 g/mol. The molecule has 1 heterocycles. The smallest absolute Gasteiger partial charge is 0.246 e. The van der Waals surface area contributed by atoms with E-state index < -0.39 is 10.0 Å². The predicted octanol–water partition coefficient (Wildman–Crippen LogP) is 1.65. The zero-order valence-corrected chi connectivity index (χ0v) is 12.5. The van der Waals surface area contributed by atoms with Crippen molar-refractivity contribution >= 4 is 10.0 Å².